The highest BCUT2D eigenvalue weighted by atomic mass is 14.9. The van der Waals surface area contributed by atoms with Crippen LogP contribution in [0.1, 0.15) is 29.5 Å². The van der Waals surface area contributed by atoms with Crippen molar-refractivity contribution < 1.29 is 0 Å². The molecule has 2 unspecified atom stereocenters. The Morgan fingerprint density at radius 2 is 2.24 bits per heavy atom. The predicted octanol–water partition coefficient (Wildman–Crippen LogP) is 2.17. The van der Waals surface area contributed by atoms with Crippen LogP contribution in [0, 0.1) is 19.8 Å². The molecular formula is C15H24N2. The second-order valence-corrected chi connectivity index (χ2v) is 5.40. The van der Waals surface area contributed by atoms with E-state index in [2.05, 4.69) is 37.4 Å². The summed E-state index contributed by atoms with van der Waals surface area (Å²) in [6.45, 7) is 6.58. The molecule has 1 saturated heterocycles. The van der Waals surface area contributed by atoms with Gasteiger partial charge in [0.1, 0.15) is 0 Å². The molecule has 3 N–H and O–H groups in total. The summed E-state index contributed by atoms with van der Waals surface area (Å²) in [5.74, 6) is 0.643. The Balaban J connectivity index is 1.99. The molecule has 2 atom stereocenters. The van der Waals surface area contributed by atoms with Crippen LogP contribution in [0.2, 0.25) is 0 Å². The second-order valence-electron chi connectivity index (χ2n) is 5.40. The average Bonchev–Trinajstić information content (AvgIpc) is 2.34. The maximum atomic E-state index is 6.35. The zero-order valence-electron chi connectivity index (χ0n) is 11.0. The molecule has 1 heterocycles. The number of benzene rings is 1. The molecule has 0 aliphatic carbocycles. The average molecular weight is 232 g/mol. The summed E-state index contributed by atoms with van der Waals surface area (Å²) in [5, 5.41) is 3.45. The number of hydrogen-bond acceptors (Lipinski definition) is 2. The second kappa shape index (κ2) is 5.65. The lowest BCUT2D eigenvalue weighted by molar-refractivity contribution is 0.320. The molecule has 0 aromatic heterocycles. The van der Waals surface area contributed by atoms with Crippen molar-refractivity contribution in [3.63, 3.8) is 0 Å². The zero-order chi connectivity index (χ0) is 12.3. The lowest BCUT2D eigenvalue weighted by Crippen LogP contribution is -2.42. The van der Waals surface area contributed by atoms with Gasteiger partial charge in [0.2, 0.25) is 0 Å². The van der Waals surface area contributed by atoms with Crippen molar-refractivity contribution in [1.82, 2.24) is 5.32 Å². The minimum absolute atomic E-state index is 0.296. The summed E-state index contributed by atoms with van der Waals surface area (Å²) in [7, 11) is 0. The highest BCUT2D eigenvalue weighted by Gasteiger charge is 2.20. The summed E-state index contributed by atoms with van der Waals surface area (Å²) in [4.78, 5) is 0. The van der Waals surface area contributed by atoms with Crippen LogP contribution < -0.4 is 11.1 Å². The Bertz CT molecular complexity index is 367. The van der Waals surface area contributed by atoms with Gasteiger partial charge in [0, 0.05) is 6.04 Å². The fourth-order valence-corrected chi connectivity index (χ4v) is 2.74. The van der Waals surface area contributed by atoms with Gasteiger partial charge in [-0.2, -0.15) is 0 Å². The summed E-state index contributed by atoms with van der Waals surface area (Å²) < 4.78 is 0. The van der Waals surface area contributed by atoms with Crippen LogP contribution in [0.5, 0.6) is 0 Å². The van der Waals surface area contributed by atoms with E-state index in [0.29, 0.717) is 12.0 Å². The lowest BCUT2D eigenvalue weighted by atomic mass is 9.87. The van der Waals surface area contributed by atoms with Crippen molar-refractivity contribution >= 4 is 0 Å². The molecule has 0 bridgehead atoms. The van der Waals surface area contributed by atoms with Gasteiger partial charge in [-0.05, 0) is 63.2 Å². The molecule has 2 rings (SSSR count). The van der Waals surface area contributed by atoms with Gasteiger partial charge >= 0.3 is 0 Å². The molecule has 94 valence electrons. The van der Waals surface area contributed by atoms with Crippen molar-refractivity contribution in [1.29, 1.82) is 0 Å². The number of piperidine rings is 1. The SMILES string of the molecule is Cc1ccc(CC(N)C2CCCNC2)c(C)c1. The molecule has 1 fully saturated rings. The van der Waals surface area contributed by atoms with E-state index in [9.17, 15) is 0 Å². The van der Waals surface area contributed by atoms with Crippen LogP contribution in [0.15, 0.2) is 18.2 Å². The molecule has 1 aliphatic heterocycles. The molecule has 2 heteroatoms. The standard InChI is InChI=1S/C15H24N2/c1-11-5-6-13(12(2)8-11)9-15(16)14-4-3-7-17-10-14/h5-6,8,14-15,17H,3-4,7,9-10,16H2,1-2H3. The Labute approximate surface area is 105 Å². The number of hydrogen-bond donors (Lipinski definition) is 2. The van der Waals surface area contributed by atoms with Gasteiger partial charge in [-0.1, -0.05) is 23.8 Å². The topological polar surface area (TPSA) is 38.0 Å². The van der Waals surface area contributed by atoms with E-state index in [-0.39, 0.29) is 0 Å². The number of nitrogens with two attached hydrogens (primary N) is 1. The maximum Gasteiger partial charge on any atom is 0.0120 e. The first kappa shape index (κ1) is 12.6. The van der Waals surface area contributed by atoms with Gasteiger partial charge in [0.05, 0.1) is 0 Å². The predicted molar refractivity (Wildman–Crippen MR) is 73.2 cm³/mol. The van der Waals surface area contributed by atoms with E-state index in [1.807, 2.05) is 0 Å². The van der Waals surface area contributed by atoms with Crippen molar-refractivity contribution in [3.8, 4) is 0 Å². The van der Waals surface area contributed by atoms with Crippen LogP contribution in [-0.4, -0.2) is 19.1 Å². The normalized spacial score (nSPS) is 22.4. The van der Waals surface area contributed by atoms with Gasteiger partial charge in [-0.25, -0.2) is 0 Å². The van der Waals surface area contributed by atoms with Gasteiger partial charge in [-0.15, -0.1) is 0 Å². The number of aryl methyl sites for hydroxylation is 2. The quantitative estimate of drug-likeness (QED) is 0.838. The maximum absolute atomic E-state index is 6.35. The number of nitrogens with one attached hydrogen (secondary N) is 1. The van der Waals surface area contributed by atoms with E-state index < -0.39 is 0 Å². The van der Waals surface area contributed by atoms with E-state index in [4.69, 9.17) is 5.73 Å². The first-order chi connectivity index (χ1) is 8.16. The van der Waals surface area contributed by atoms with Gasteiger partial charge in [0.15, 0.2) is 0 Å². The molecule has 17 heavy (non-hydrogen) atoms. The monoisotopic (exact) mass is 232 g/mol. The summed E-state index contributed by atoms with van der Waals surface area (Å²) in [5.41, 5.74) is 10.5. The summed E-state index contributed by atoms with van der Waals surface area (Å²) in [6, 6.07) is 6.97. The first-order valence-corrected chi connectivity index (χ1v) is 6.69. The smallest absolute Gasteiger partial charge is 0.0120 e. The number of rotatable bonds is 3. The first-order valence-electron chi connectivity index (χ1n) is 6.69. The summed E-state index contributed by atoms with van der Waals surface area (Å²) >= 11 is 0. The third kappa shape index (κ3) is 3.30. The highest BCUT2D eigenvalue weighted by molar-refractivity contribution is 5.31. The van der Waals surface area contributed by atoms with Crippen molar-refractivity contribution in [2.24, 2.45) is 11.7 Å². The fraction of sp³-hybridized carbons (Fsp3) is 0.600. The van der Waals surface area contributed by atoms with Crippen molar-refractivity contribution in [3.05, 3.63) is 34.9 Å². The fourth-order valence-electron chi connectivity index (χ4n) is 2.74. The minimum atomic E-state index is 0.296. The molecule has 0 amide bonds. The molecule has 1 aliphatic rings. The van der Waals surface area contributed by atoms with Crippen molar-refractivity contribution in [2.45, 2.75) is 39.2 Å². The third-order valence-corrected chi connectivity index (χ3v) is 3.89. The van der Waals surface area contributed by atoms with Crippen LogP contribution in [0.4, 0.5) is 0 Å². The molecular weight excluding hydrogens is 208 g/mol. The van der Waals surface area contributed by atoms with Crippen LogP contribution in [0.3, 0.4) is 0 Å². The molecule has 0 spiro atoms. The molecule has 0 radical (unpaired) electrons. The largest absolute Gasteiger partial charge is 0.327 e. The Hall–Kier alpha value is -0.860. The van der Waals surface area contributed by atoms with Crippen molar-refractivity contribution in [2.75, 3.05) is 13.1 Å². The van der Waals surface area contributed by atoms with E-state index in [1.165, 1.54) is 29.5 Å². The molecule has 1 aromatic carbocycles. The lowest BCUT2D eigenvalue weighted by Gasteiger charge is -2.28. The van der Waals surface area contributed by atoms with E-state index >= 15 is 0 Å². The minimum Gasteiger partial charge on any atom is -0.327 e. The molecule has 2 nitrogen and oxygen atoms in total. The Kier molecular flexibility index (Phi) is 4.19. The van der Waals surface area contributed by atoms with Gasteiger partial charge < -0.3 is 11.1 Å². The Morgan fingerprint density at radius 1 is 1.41 bits per heavy atom. The van der Waals surface area contributed by atoms with E-state index in [0.717, 1.165) is 19.5 Å². The molecule has 0 saturated carbocycles. The van der Waals surface area contributed by atoms with Gasteiger partial charge in [0.25, 0.3) is 0 Å². The summed E-state index contributed by atoms with van der Waals surface area (Å²) in [6.07, 6.45) is 3.56. The van der Waals surface area contributed by atoms with Crippen LogP contribution in [-0.2, 0) is 6.42 Å². The Morgan fingerprint density at radius 3 is 2.88 bits per heavy atom. The third-order valence-electron chi connectivity index (χ3n) is 3.89. The molecule has 1 aromatic rings. The zero-order valence-corrected chi connectivity index (χ0v) is 11.0. The van der Waals surface area contributed by atoms with Crippen LogP contribution in [0.25, 0.3) is 0 Å². The van der Waals surface area contributed by atoms with Crippen LogP contribution >= 0.6 is 0 Å². The van der Waals surface area contributed by atoms with Gasteiger partial charge in [-0.3, -0.25) is 0 Å². The highest BCUT2D eigenvalue weighted by Crippen LogP contribution is 2.19. The van der Waals surface area contributed by atoms with E-state index in [1.54, 1.807) is 0 Å².